The summed E-state index contributed by atoms with van der Waals surface area (Å²) in [6.45, 7) is 7.69. The largest absolute Gasteiger partial charge is 0.352 e. The van der Waals surface area contributed by atoms with E-state index in [4.69, 9.17) is 0 Å². The number of rotatable bonds is 4. The summed E-state index contributed by atoms with van der Waals surface area (Å²) in [5.74, 6) is 0.476. The molecule has 1 heterocycles. The third-order valence-corrected chi connectivity index (χ3v) is 5.69. The van der Waals surface area contributed by atoms with Crippen LogP contribution >= 0.6 is 11.8 Å². The molecule has 1 saturated carbocycles. The maximum Gasteiger partial charge on any atom is 0.240 e. The number of allylic oxidation sites excluding steroid dienone is 1. The number of nitrogens with one attached hydrogen (secondary N) is 1. The van der Waals surface area contributed by atoms with Crippen molar-refractivity contribution in [1.29, 1.82) is 0 Å². The molecule has 1 saturated heterocycles. The Labute approximate surface area is 148 Å². The van der Waals surface area contributed by atoms with Crippen LogP contribution in [0.25, 0.3) is 0 Å². The highest BCUT2D eigenvalue weighted by Gasteiger charge is 2.32. The van der Waals surface area contributed by atoms with Gasteiger partial charge in [0.1, 0.15) is 6.54 Å². The van der Waals surface area contributed by atoms with Crippen molar-refractivity contribution >= 4 is 29.4 Å². The lowest BCUT2D eigenvalue weighted by atomic mass is 9.86. The molecule has 1 aliphatic carbocycles. The van der Waals surface area contributed by atoms with E-state index >= 15 is 0 Å². The molecule has 0 bridgehead atoms. The summed E-state index contributed by atoms with van der Waals surface area (Å²) >= 11 is 1.33. The standard InChI is InChI=1S/C18H28N2O3S/c1-12-7-5-6-8-13(12)19-15(22)10-20-16(23)11-24-17(20)9-14(21)18(2,3)4/h9,12-13H,5-8,10-11H2,1-4H3,(H,19,22)/b17-9-/t12-,13-/m1/s1. The molecule has 24 heavy (non-hydrogen) atoms. The fourth-order valence-electron chi connectivity index (χ4n) is 2.96. The third kappa shape index (κ3) is 4.85. The highest BCUT2D eigenvalue weighted by molar-refractivity contribution is 8.04. The number of hydrogen-bond donors (Lipinski definition) is 1. The van der Waals surface area contributed by atoms with E-state index < -0.39 is 5.41 Å². The fourth-order valence-corrected chi connectivity index (χ4v) is 3.90. The Morgan fingerprint density at radius 2 is 1.96 bits per heavy atom. The molecule has 5 nitrogen and oxygen atoms in total. The molecule has 0 aromatic heterocycles. The van der Waals surface area contributed by atoms with Gasteiger partial charge in [-0.05, 0) is 18.8 Å². The van der Waals surface area contributed by atoms with Crippen LogP contribution in [-0.2, 0) is 14.4 Å². The molecule has 2 rings (SSSR count). The Morgan fingerprint density at radius 3 is 2.58 bits per heavy atom. The van der Waals surface area contributed by atoms with Gasteiger partial charge in [-0.3, -0.25) is 19.3 Å². The summed E-state index contributed by atoms with van der Waals surface area (Å²) < 4.78 is 0. The molecule has 0 aromatic rings. The van der Waals surface area contributed by atoms with Gasteiger partial charge in [-0.25, -0.2) is 0 Å². The van der Waals surface area contributed by atoms with Gasteiger partial charge in [0.05, 0.1) is 10.8 Å². The summed E-state index contributed by atoms with van der Waals surface area (Å²) in [6, 6.07) is 0.195. The zero-order valence-corrected chi connectivity index (χ0v) is 15.9. The van der Waals surface area contributed by atoms with E-state index in [1.165, 1.54) is 29.2 Å². The van der Waals surface area contributed by atoms with Crippen molar-refractivity contribution < 1.29 is 14.4 Å². The molecule has 2 fully saturated rings. The third-order valence-electron chi connectivity index (χ3n) is 4.66. The molecule has 1 N–H and O–H groups in total. The summed E-state index contributed by atoms with van der Waals surface area (Å²) in [4.78, 5) is 38.1. The molecule has 0 unspecified atom stereocenters. The van der Waals surface area contributed by atoms with Crippen LogP contribution in [0.5, 0.6) is 0 Å². The zero-order valence-electron chi connectivity index (χ0n) is 15.1. The minimum Gasteiger partial charge on any atom is -0.352 e. The Hall–Kier alpha value is -1.30. The quantitative estimate of drug-likeness (QED) is 0.790. The van der Waals surface area contributed by atoms with Gasteiger partial charge in [0.2, 0.25) is 11.8 Å². The second-order valence-corrected chi connectivity index (χ2v) is 8.80. The molecular weight excluding hydrogens is 324 g/mol. The van der Waals surface area contributed by atoms with Gasteiger partial charge in [-0.15, -0.1) is 0 Å². The number of hydrogen-bond acceptors (Lipinski definition) is 4. The average molecular weight is 353 g/mol. The van der Waals surface area contributed by atoms with Gasteiger partial charge in [0.25, 0.3) is 0 Å². The fraction of sp³-hybridized carbons (Fsp3) is 0.722. The van der Waals surface area contributed by atoms with E-state index in [9.17, 15) is 14.4 Å². The first-order valence-corrected chi connectivity index (χ1v) is 9.65. The predicted molar refractivity (Wildman–Crippen MR) is 96.3 cm³/mol. The molecule has 1 aliphatic heterocycles. The SMILES string of the molecule is C[C@@H]1CCCC[C@H]1NC(=O)CN1C(=O)CS/C1=C\C(=O)C(C)(C)C. The van der Waals surface area contributed by atoms with Gasteiger partial charge in [-0.2, -0.15) is 0 Å². The minimum absolute atomic E-state index is 0.00168. The second-order valence-electron chi connectivity index (χ2n) is 7.80. The number of carbonyl (C=O) groups excluding carboxylic acids is 3. The lowest BCUT2D eigenvalue weighted by Crippen LogP contribution is -2.45. The molecule has 2 aliphatic rings. The summed E-state index contributed by atoms with van der Waals surface area (Å²) in [6.07, 6.45) is 6.00. The monoisotopic (exact) mass is 352 g/mol. The van der Waals surface area contributed by atoms with Crippen LogP contribution in [0.4, 0.5) is 0 Å². The lowest BCUT2D eigenvalue weighted by Gasteiger charge is -2.30. The summed E-state index contributed by atoms with van der Waals surface area (Å²) in [5.41, 5.74) is -0.495. The van der Waals surface area contributed by atoms with Crippen LogP contribution in [0.3, 0.4) is 0 Å². The number of thioether (sulfide) groups is 1. The first kappa shape index (κ1) is 19.0. The van der Waals surface area contributed by atoms with E-state index in [1.807, 2.05) is 20.8 Å². The maximum atomic E-state index is 12.4. The summed E-state index contributed by atoms with van der Waals surface area (Å²) in [7, 11) is 0. The lowest BCUT2D eigenvalue weighted by molar-refractivity contribution is -0.131. The van der Waals surface area contributed by atoms with E-state index in [1.54, 1.807) is 0 Å². The van der Waals surface area contributed by atoms with Crippen LogP contribution < -0.4 is 5.32 Å². The van der Waals surface area contributed by atoms with Crippen molar-refractivity contribution in [2.75, 3.05) is 12.3 Å². The van der Waals surface area contributed by atoms with Crippen molar-refractivity contribution in [3.63, 3.8) is 0 Å². The van der Waals surface area contributed by atoms with Crippen molar-refractivity contribution in [3.8, 4) is 0 Å². The number of carbonyl (C=O) groups is 3. The van der Waals surface area contributed by atoms with Crippen LogP contribution in [0.15, 0.2) is 11.1 Å². The Morgan fingerprint density at radius 1 is 1.29 bits per heavy atom. The van der Waals surface area contributed by atoms with Crippen molar-refractivity contribution in [2.45, 2.75) is 59.4 Å². The molecule has 0 radical (unpaired) electrons. The zero-order chi connectivity index (χ0) is 17.9. The van der Waals surface area contributed by atoms with Gasteiger partial charge in [0.15, 0.2) is 5.78 Å². The number of amides is 2. The highest BCUT2D eigenvalue weighted by Crippen LogP contribution is 2.30. The second kappa shape index (κ2) is 7.72. The molecule has 0 aromatic carbocycles. The van der Waals surface area contributed by atoms with E-state index in [2.05, 4.69) is 12.2 Å². The Kier molecular flexibility index (Phi) is 6.12. The van der Waals surface area contributed by atoms with E-state index in [-0.39, 0.29) is 35.9 Å². The van der Waals surface area contributed by atoms with Crippen molar-refractivity contribution in [3.05, 3.63) is 11.1 Å². The predicted octanol–water partition coefficient (Wildman–Crippen LogP) is 2.71. The number of ketones is 1. The first-order valence-electron chi connectivity index (χ1n) is 8.67. The van der Waals surface area contributed by atoms with Crippen molar-refractivity contribution in [2.24, 2.45) is 11.3 Å². The topological polar surface area (TPSA) is 66.5 Å². The highest BCUT2D eigenvalue weighted by atomic mass is 32.2. The van der Waals surface area contributed by atoms with E-state index in [0.29, 0.717) is 10.9 Å². The maximum absolute atomic E-state index is 12.4. The van der Waals surface area contributed by atoms with Crippen LogP contribution in [0.2, 0.25) is 0 Å². The van der Waals surface area contributed by atoms with Gasteiger partial charge >= 0.3 is 0 Å². The molecule has 2 atom stereocenters. The van der Waals surface area contributed by atoms with Crippen LogP contribution in [0.1, 0.15) is 53.4 Å². The molecule has 134 valence electrons. The average Bonchev–Trinajstić information content (AvgIpc) is 2.81. The Bertz CT molecular complexity index is 551. The van der Waals surface area contributed by atoms with Gasteiger partial charge in [-0.1, -0.05) is 52.3 Å². The summed E-state index contributed by atoms with van der Waals surface area (Å²) in [5, 5.41) is 3.66. The van der Waals surface area contributed by atoms with Crippen molar-refractivity contribution in [1.82, 2.24) is 10.2 Å². The molecule has 6 heteroatoms. The molecular formula is C18H28N2O3S. The van der Waals surface area contributed by atoms with E-state index in [0.717, 1.165) is 19.3 Å². The van der Waals surface area contributed by atoms with Crippen LogP contribution in [0, 0.1) is 11.3 Å². The normalized spacial score (nSPS) is 26.8. The molecule has 2 amide bonds. The Balaban J connectivity index is 2.00. The van der Waals surface area contributed by atoms with Crippen LogP contribution in [-0.4, -0.2) is 40.8 Å². The smallest absolute Gasteiger partial charge is 0.240 e. The molecule has 0 spiro atoms. The minimum atomic E-state index is -0.495. The van der Waals surface area contributed by atoms with Gasteiger partial charge < -0.3 is 5.32 Å². The first-order chi connectivity index (χ1) is 11.2. The number of nitrogens with zero attached hydrogens (tertiary/aromatic N) is 1. The van der Waals surface area contributed by atoms with Gasteiger partial charge in [0, 0.05) is 17.5 Å².